The Kier molecular flexibility index (Phi) is 8.44. The molecule has 0 N–H and O–H groups in total. The summed E-state index contributed by atoms with van der Waals surface area (Å²) in [4.78, 5) is 9.43. The molecule has 0 spiro atoms. The van der Waals surface area contributed by atoms with Crippen molar-refractivity contribution in [1.82, 2.24) is 0 Å². The van der Waals surface area contributed by atoms with Gasteiger partial charge in [0.05, 0.1) is 24.6 Å². The molecule has 4 rings (SSSR count). The van der Waals surface area contributed by atoms with Crippen LogP contribution in [0.4, 0.5) is 11.4 Å². The Morgan fingerprint density at radius 3 is 1.23 bits per heavy atom. The minimum absolute atomic E-state index is 0.573. The van der Waals surface area contributed by atoms with Crippen LogP contribution in [0.2, 0.25) is 0 Å². The first-order valence-electron chi connectivity index (χ1n) is 12.0. The second-order valence-electron chi connectivity index (χ2n) is 7.94. The van der Waals surface area contributed by atoms with E-state index >= 15 is 0 Å². The Labute approximate surface area is 207 Å². The monoisotopic (exact) mass is 462 g/mol. The van der Waals surface area contributed by atoms with Crippen LogP contribution >= 0.6 is 0 Å². The highest BCUT2D eigenvalue weighted by Crippen LogP contribution is 2.20. The van der Waals surface area contributed by atoms with E-state index in [-0.39, 0.29) is 0 Å². The SMILES string of the molecule is CCO/C(=N\c1ccc(Cc2ccc(/N=C(\OCC)c3ccccc3)cc2)cc1)c1ccccc1. The molecule has 0 amide bonds. The zero-order valence-corrected chi connectivity index (χ0v) is 20.2. The molecule has 0 heterocycles. The van der Waals surface area contributed by atoms with Crippen molar-refractivity contribution in [2.45, 2.75) is 20.3 Å². The van der Waals surface area contributed by atoms with Gasteiger partial charge in [0.15, 0.2) is 0 Å². The maximum absolute atomic E-state index is 5.77. The summed E-state index contributed by atoms with van der Waals surface area (Å²) in [6, 6.07) is 36.5. The van der Waals surface area contributed by atoms with Gasteiger partial charge in [0.2, 0.25) is 11.8 Å². The molecule has 0 aliphatic rings. The van der Waals surface area contributed by atoms with E-state index in [9.17, 15) is 0 Å². The molecule has 4 heteroatoms. The van der Waals surface area contributed by atoms with Gasteiger partial charge >= 0.3 is 0 Å². The Morgan fingerprint density at radius 2 is 0.886 bits per heavy atom. The lowest BCUT2D eigenvalue weighted by atomic mass is 10.0. The number of aliphatic imine (C=N–C) groups is 2. The Bertz CT molecular complexity index is 1150. The number of ether oxygens (including phenoxy) is 2. The van der Waals surface area contributed by atoms with Gasteiger partial charge in [0.1, 0.15) is 0 Å². The minimum Gasteiger partial charge on any atom is -0.478 e. The van der Waals surface area contributed by atoms with Crippen LogP contribution in [-0.4, -0.2) is 25.0 Å². The molecule has 0 aliphatic heterocycles. The standard InChI is InChI=1S/C31H30N2O2/c1-3-34-30(26-11-7-5-8-12-26)32-28-19-15-24(16-20-28)23-25-17-21-29(22-18-25)33-31(35-4-2)27-13-9-6-10-14-27/h5-22H,3-4,23H2,1-2H3/b32-30-,33-31-. The highest BCUT2D eigenvalue weighted by molar-refractivity contribution is 5.96. The van der Waals surface area contributed by atoms with Crippen LogP contribution in [-0.2, 0) is 15.9 Å². The van der Waals surface area contributed by atoms with E-state index < -0.39 is 0 Å². The molecule has 4 aromatic rings. The van der Waals surface area contributed by atoms with Crippen LogP contribution < -0.4 is 0 Å². The fraction of sp³-hybridized carbons (Fsp3) is 0.161. The average molecular weight is 463 g/mol. The number of nitrogens with zero attached hydrogens (tertiary/aromatic N) is 2. The van der Waals surface area contributed by atoms with Gasteiger partial charge in [0, 0.05) is 11.1 Å². The van der Waals surface area contributed by atoms with E-state index in [4.69, 9.17) is 19.5 Å². The molecular formula is C31H30N2O2. The molecule has 35 heavy (non-hydrogen) atoms. The lowest BCUT2D eigenvalue weighted by Gasteiger charge is -2.09. The van der Waals surface area contributed by atoms with Crippen molar-refractivity contribution in [3.05, 3.63) is 131 Å². The second-order valence-corrected chi connectivity index (χ2v) is 7.94. The summed E-state index contributed by atoms with van der Waals surface area (Å²) < 4.78 is 11.5. The van der Waals surface area contributed by atoms with E-state index in [0.29, 0.717) is 25.0 Å². The Morgan fingerprint density at radius 1 is 0.514 bits per heavy atom. The van der Waals surface area contributed by atoms with E-state index in [0.717, 1.165) is 28.9 Å². The molecule has 0 atom stereocenters. The third-order valence-electron chi connectivity index (χ3n) is 5.35. The van der Waals surface area contributed by atoms with Crippen molar-refractivity contribution < 1.29 is 9.47 Å². The van der Waals surface area contributed by atoms with Crippen molar-refractivity contribution in [3.8, 4) is 0 Å². The van der Waals surface area contributed by atoms with Gasteiger partial charge in [-0.05, 0) is 79.9 Å². The molecule has 4 aromatic carbocycles. The van der Waals surface area contributed by atoms with Crippen molar-refractivity contribution in [1.29, 1.82) is 0 Å². The number of benzene rings is 4. The van der Waals surface area contributed by atoms with Gasteiger partial charge in [-0.15, -0.1) is 0 Å². The average Bonchev–Trinajstić information content (AvgIpc) is 2.91. The number of hydrogen-bond donors (Lipinski definition) is 0. The van der Waals surface area contributed by atoms with Crippen LogP contribution in [0.1, 0.15) is 36.1 Å². The van der Waals surface area contributed by atoms with Gasteiger partial charge in [0.25, 0.3) is 0 Å². The predicted octanol–water partition coefficient (Wildman–Crippen LogP) is 7.51. The van der Waals surface area contributed by atoms with E-state index in [1.165, 1.54) is 11.1 Å². The molecule has 4 nitrogen and oxygen atoms in total. The first-order valence-corrected chi connectivity index (χ1v) is 12.0. The summed E-state index contributed by atoms with van der Waals surface area (Å²) in [6.45, 7) is 5.08. The van der Waals surface area contributed by atoms with Crippen molar-refractivity contribution in [2.24, 2.45) is 9.98 Å². The molecule has 0 unspecified atom stereocenters. The topological polar surface area (TPSA) is 43.2 Å². The first kappa shape index (κ1) is 24.0. The fourth-order valence-corrected chi connectivity index (χ4v) is 3.64. The summed E-state index contributed by atoms with van der Waals surface area (Å²) in [6.07, 6.45) is 0.835. The number of rotatable bonds is 8. The van der Waals surface area contributed by atoms with Crippen molar-refractivity contribution in [3.63, 3.8) is 0 Å². The van der Waals surface area contributed by atoms with Crippen LogP contribution in [0.3, 0.4) is 0 Å². The molecule has 0 saturated heterocycles. The molecule has 0 aromatic heterocycles. The van der Waals surface area contributed by atoms with Crippen LogP contribution in [0.25, 0.3) is 0 Å². The lowest BCUT2D eigenvalue weighted by Crippen LogP contribution is -2.06. The quantitative estimate of drug-likeness (QED) is 0.201. The summed E-state index contributed by atoms with van der Waals surface area (Å²) in [7, 11) is 0. The van der Waals surface area contributed by atoms with Crippen molar-refractivity contribution in [2.75, 3.05) is 13.2 Å². The van der Waals surface area contributed by atoms with E-state index in [2.05, 4.69) is 24.3 Å². The summed E-state index contributed by atoms with van der Waals surface area (Å²) in [5.41, 5.74) is 6.13. The van der Waals surface area contributed by atoms with Gasteiger partial charge < -0.3 is 9.47 Å². The van der Waals surface area contributed by atoms with Gasteiger partial charge in [-0.1, -0.05) is 60.7 Å². The molecule has 176 valence electrons. The largest absolute Gasteiger partial charge is 0.478 e. The summed E-state index contributed by atoms with van der Waals surface area (Å²) in [5.74, 6) is 1.28. The highest BCUT2D eigenvalue weighted by Gasteiger charge is 2.06. The van der Waals surface area contributed by atoms with Gasteiger partial charge in [-0.25, -0.2) is 9.98 Å². The third kappa shape index (κ3) is 6.90. The van der Waals surface area contributed by atoms with E-state index in [1.807, 2.05) is 98.8 Å². The third-order valence-corrected chi connectivity index (χ3v) is 5.35. The molecule has 0 saturated carbocycles. The zero-order valence-electron chi connectivity index (χ0n) is 20.2. The first-order chi connectivity index (χ1) is 17.2. The number of hydrogen-bond acceptors (Lipinski definition) is 4. The zero-order chi connectivity index (χ0) is 24.3. The van der Waals surface area contributed by atoms with Crippen LogP contribution in [0.15, 0.2) is 119 Å². The second kappa shape index (κ2) is 12.3. The maximum atomic E-state index is 5.77. The minimum atomic E-state index is 0.573. The fourth-order valence-electron chi connectivity index (χ4n) is 3.64. The summed E-state index contributed by atoms with van der Waals surface area (Å²) >= 11 is 0. The van der Waals surface area contributed by atoms with Gasteiger partial charge in [-0.3, -0.25) is 0 Å². The molecule has 0 fully saturated rings. The van der Waals surface area contributed by atoms with Crippen LogP contribution in [0, 0.1) is 0 Å². The maximum Gasteiger partial charge on any atom is 0.221 e. The lowest BCUT2D eigenvalue weighted by molar-refractivity contribution is 0.328. The normalized spacial score (nSPS) is 11.8. The predicted molar refractivity (Wildman–Crippen MR) is 144 cm³/mol. The molecule has 0 bridgehead atoms. The van der Waals surface area contributed by atoms with E-state index in [1.54, 1.807) is 0 Å². The highest BCUT2D eigenvalue weighted by atomic mass is 16.5. The van der Waals surface area contributed by atoms with Gasteiger partial charge in [-0.2, -0.15) is 0 Å². The molecule has 0 radical (unpaired) electrons. The van der Waals surface area contributed by atoms with Crippen molar-refractivity contribution >= 4 is 23.2 Å². The Hall–Kier alpha value is -4.18. The summed E-state index contributed by atoms with van der Waals surface area (Å²) in [5, 5.41) is 0. The Balaban J connectivity index is 1.45. The molecular weight excluding hydrogens is 432 g/mol. The smallest absolute Gasteiger partial charge is 0.221 e. The molecule has 0 aliphatic carbocycles. The van der Waals surface area contributed by atoms with Crippen LogP contribution in [0.5, 0.6) is 0 Å².